The van der Waals surface area contributed by atoms with Crippen LogP contribution in [-0.4, -0.2) is 55.7 Å². The maximum absolute atomic E-state index is 6.11. The lowest BCUT2D eigenvalue weighted by atomic mass is 10.1. The van der Waals surface area contributed by atoms with Crippen molar-refractivity contribution < 1.29 is 4.74 Å². The van der Waals surface area contributed by atoms with Crippen LogP contribution in [0.4, 0.5) is 0 Å². The first-order valence-electron chi connectivity index (χ1n) is 10.2. The van der Waals surface area contributed by atoms with Gasteiger partial charge in [-0.3, -0.25) is 4.90 Å². The zero-order valence-corrected chi connectivity index (χ0v) is 17.0. The van der Waals surface area contributed by atoms with Gasteiger partial charge in [0, 0.05) is 42.8 Å². The van der Waals surface area contributed by atoms with Crippen LogP contribution in [0, 0.1) is 17.8 Å². The molecular weight excluding hydrogens is 367 g/mol. The third-order valence-electron chi connectivity index (χ3n) is 6.30. The monoisotopic (exact) mass is 396 g/mol. The second-order valence-corrected chi connectivity index (χ2v) is 9.17. The molecule has 26 heavy (non-hydrogen) atoms. The molecule has 3 fully saturated rings. The van der Waals surface area contributed by atoms with E-state index in [1.54, 1.807) is 6.07 Å². The first-order chi connectivity index (χ1) is 12.7. The van der Waals surface area contributed by atoms with E-state index in [4.69, 9.17) is 27.9 Å². The van der Waals surface area contributed by atoms with E-state index in [-0.39, 0.29) is 0 Å². The predicted molar refractivity (Wildman–Crippen MR) is 108 cm³/mol. The van der Waals surface area contributed by atoms with E-state index in [1.807, 2.05) is 12.1 Å². The van der Waals surface area contributed by atoms with Crippen molar-refractivity contribution in [3.8, 4) is 0 Å². The zero-order valence-electron chi connectivity index (χ0n) is 15.5. The van der Waals surface area contributed by atoms with Crippen LogP contribution < -0.4 is 0 Å². The van der Waals surface area contributed by atoms with Crippen molar-refractivity contribution in [2.24, 2.45) is 17.8 Å². The van der Waals surface area contributed by atoms with Gasteiger partial charge < -0.3 is 9.64 Å². The molecule has 144 valence electrons. The summed E-state index contributed by atoms with van der Waals surface area (Å²) >= 11 is 12.2. The van der Waals surface area contributed by atoms with Gasteiger partial charge >= 0.3 is 0 Å². The maximum Gasteiger partial charge on any atom is 0.0500 e. The van der Waals surface area contributed by atoms with E-state index >= 15 is 0 Å². The Morgan fingerprint density at radius 3 is 2.31 bits per heavy atom. The van der Waals surface area contributed by atoms with Crippen LogP contribution in [0.15, 0.2) is 18.2 Å². The fraction of sp³-hybridized carbons (Fsp3) is 0.714. The largest absolute Gasteiger partial charge is 0.381 e. The molecule has 3 nitrogen and oxygen atoms in total. The summed E-state index contributed by atoms with van der Waals surface area (Å²) in [4.78, 5) is 5.13. The van der Waals surface area contributed by atoms with Crippen LogP contribution in [0.25, 0.3) is 0 Å². The summed E-state index contributed by atoms with van der Waals surface area (Å²) in [5.74, 6) is 2.47. The molecule has 0 radical (unpaired) electrons. The second kappa shape index (κ2) is 8.79. The van der Waals surface area contributed by atoms with Crippen molar-refractivity contribution in [3.05, 3.63) is 33.8 Å². The highest BCUT2D eigenvalue weighted by molar-refractivity contribution is 6.34. The lowest BCUT2D eigenvalue weighted by Gasteiger charge is -2.26. The number of rotatable bonds is 8. The molecular formula is C21H30Cl2N2O. The number of ether oxygens (including phenoxy) is 1. The number of fused-ring (bicyclic) bond motifs is 1. The van der Waals surface area contributed by atoms with Crippen molar-refractivity contribution in [1.29, 1.82) is 0 Å². The summed E-state index contributed by atoms with van der Waals surface area (Å²) in [5, 5.41) is 1.46. The molecule has 1 aromatic carbocycles. The fourth-order valence-corrected chi connectivity index (χ4v) is 5.44. The smallest absolute Gasteiger partial charge is 0.0500 e. The molecule has 2 aliphatic heterocycles. The highest BCUT2D eigenvalue weighted by Gasteiger charge is 2.55. The molecule has 0 bridgehead atoms. The van der Waals surface area contributed by atoms with Gasteiger partial charge in [0.05, 0.1) is 6.61 Å². The Morgan fingerprint density at radius 1 is 0.923 bits per heavy atom. The molecule has 1 aliphatic carbocycles. The summed E-state index contributed by atoms with van der Waals surface area (Å²) in [7, 11) is 0. The summed E-state index contributed by atoms with van der Waals surface area (Å²) in [5.41, 5.74) is 1.22. The average molecular weight is 397 g/mol. The quantitative estimate of drug-likeness (QED) is 0.598. The van der Waals surface area contributed by atoms with Crippen molar-refractivity contribution in [1.82, 2.24) is 9.80 Å². The Morgan fingerprint density at radius 2 is 1.62 bits per heavy atom. The lowest BCUT2D eigenvalue weighted by molar-refractivity contribution is 0.0967. The predicted octanol–water partition coefficient (Wildman–Crippen LogP) is 4.56. The lowest BCUT2D eigenvalue weighted by Crippen LogP contribution is -2.31. The molecule has 4 rings (SSSR count). The normalized spacial score (nSPS) is 29.1. The van der Waals surface area contributed by atoms with Gasteiger partial charge in [0.2, 0.25) is 0 Å². The SMILES string of the molecule is Clc1cc(Cl)cc(CN2C[C@@H]3[C@@H](COCCCN4CCCCC4)[C@@H]3C2)c1. The molecule has 0 N–H and O–H groups in total. The van der Waals surface area contributed by atoms with Crippen LogP contribution in [0.1, 0.15) is 31.2 Å². The molecule has 0 aromatic heterocycles. The summed E-state index contributed by atoms with van der Waals surface area (Å²) in [6.07, 6.45) is 5.36. The molecule has 3 atom stereocenters. The summed E-state index contributed by atoms with van der Waals surface area (Å²) < 4.78 is 5.99. The molecule has 3 aliphatic rings. The molecule has 1 aromatic rings. The van der Waals surface area contributed by atoms with E-state index in [1.165, 1.54) is 64.0 Å². The summed E-state index contributed by atoms with van der Waals surface area (Å²) in [6.45, 7) is 9.03. The molecule has 5 heteroatoms. The van der Waals surface area contributed by atoms with Crippen LogP contribution in [0.3, 0.4) is 0 Å². The van der Waals surface area contributed by atoms with E-state index in [0.29, 0.717) is 0 Å². The Labute approximate surface area is 167 Å². The number of hydrogen-bond acceptors (Lipinski definition) is 3. The van der Waals surface area contributed by atoms with Gasteiger partial charge in [-0.05, 0) is 73.9 Å². The molecule has 0 spiro atoms. The molecule has 0 amide bonds. The highest BCUT2D eigenvalue weighted by atomic mass is 35.5. The van der Waals surface area contributed by atoms with E-state index in [0.717, 1.165) is 47.6 Å². The number of halogens is 2. The third kappa shape index (κ3) is 4.94. The molecule has 0 unspecified atom stereocenters. The minimum absolute atomic E-state index is 0.729. The topological polar surface area (TPSA) is 15.7 Å². The first-order valence-corrected chi connectivity index (χ1v) is 10.9. The number of benzene rings is 1. The third-order valence-corrected chi connectivity index (χ3v) is 6.73. The minimum Gasteiger partial charge on any atom is -0.381 e. The Bertz CT molecular complexity index is 573. The van der Waals surface area contributed by atoms with Crippen LogP contribution in [-0.2, 0) is 11.3 Å². The maximum atomic E-state index is 6.11. The fourth-order valence-electron chi connectivity index (χ4n) is 4.87. The number of nitrogens with zero attached hydrogens (tertiary/aromatic N) is 2. The van der Waals surface area contributed by atoms with Crippen molar-refractivity contribution in [2.45, 2.75) is 32.2 Å². The number of likely N-dealkylation sites (tertiary alicyclic amines) is 2. The van der Waals surface area contributed by atoms with Crippen molar-refractivity contribution in [2.75, 3.05) is 45.9 Å². The van der Waals surface area contributed by atoms with Crippen LogP contribution in [0.2, 0.25) is 10.0 Å². The highest BCUT2D eigenvalue weighted by Crippen LogP contribution is 2.52. The second-order valence-electron chi connectivity index (χ2n) is 8.29. The standard InChI is InChI=1S/C21H30Cl2N2O/c22-17-9-16(10-18(23)11-17)12-25-13-19-20(14-25)21(19)15-26-8-4-7-24-5-2-1-3-6-24/h9-11,19-21H,1-8,12-15H2/t19-,20+,21+. The molecule has 1 saturated carbocycles. The Hall–Kier alpha value is -0.320. The van der Waals surface area contributed by atoms with Gasteiger partial charge in [-0.1, -0.05) is 29.6 Å². The molecule has 2 saturated heterocycles. The van der Waals surface area contributed by atoms with Crippen molar-refractivity contribution >= 4 is 23.2 Å². The number of hydrogen-bond donors (Lipinski definition) is 0. The van der Waals surface area contributed by atoms with Gasteiger partial charge in [-0.15, -0.1) is 0 Å². The Balaban J connectivity index is 1.10. The van der Waals surface area contributed by atoms with Gasteiger partial charge in [0.25, 0.3) is 0 Å². The summed E-state index contributed by atoms with van der Waals surface area (Å²) in [6, 6.07) is 5.85. The van der Waals surface area contributed by atoms with E-state index in [2.05, 4.69) is 9.80 Å². The van der Waals surface area contributed by atoms with E-state index < -0.39 is 0 Å². The van der Waals surface area contributed by atoms with Crippen LogP contribution in [0.5, 0.6) is 0 Å². The van der Waals surface area contributed by atoms with Crippen molar-refractivity contribution in [3.63, 3.8) is 0 Å². The van der Waals surface area contributed by atoms with E-state index in [9.17, 15) is 0 Å². The number of piperidine rings is 2. The Kier molecular flexibility index (Phi) is 6.43. The van der Waals surface area contributed by atoms with Gasteiger partial charge in [-0.25, -0.2) is 0 Å². The van der Waals surface area contributed by atoms with Gasteiger partial charge in [0.15, 0.2) is 0 Å². The average Bonchev–Trinajstić information content (AvgIpc) is 3.06. The molecule has 2 heterocycles. The minimum atomic E-state index is 0.729. The zero-order chi connectivity index (χ0) is 17.9. The van der Waals surface area contributed by atoms with Gasteiger partial charge in [-0.2, -0.15) is 0 Å². The van der Waals surface area contributed by atoms with Gasteiger partial charge in [0.1, 0.15) is 0 Å². The van der Waals surface area contributed by atoms with Crippen LogP contribution >= 0.6 is 23.2 Å². The first kappa shape index (κ1) is 19.0.